The number of carbonyl (C=O) groups is 1. The van der Waals surface area contributed by atoms with Gasteiger partial charge >= 0.3 is 5.97 Å². The van der Waals surface area contributed by atoms with Crippen molar-refractivity contribution in [2.75, 3.05) is 5.75 Å². The predicted octanol–water partition coefficient (Wildman–Crippen LogP) is 1.31. The highest BCUT2D eigenvalue weighted by Gasteiger charge is 2.10. The van der Waals surface area contributed by atoms with Crippen molar-refractivity contribution in [3.8, 4) is 0 Å². The van der Waals surface area contributed by atoms with Gasteiger partial charge in [-0.25, -0.2) is 0 Å². The molecule has 1 atom stereocenters. The molecule has 1 unspecified atom stereocenters. The Morgan fingerprint density at radius 2 is 2.50 bits per heavy atom. The lowest BCUT2D eigenvalue weighted by molar-refractivity contribution is -0.138. The first-order valence-corrected chi connectivity index (χ1v) is 5.43. The molecule has 14 heavy (non-hydrogen) atoms. The molecule has 1 aromatic heterocycles. The van der Waals surface area contributed by atoms with Gasteiger partial charge < -0.3 is 15.3 Å². The maximum absolute atomic E-state index is 10.4. The topological polar surface area (TPSA) is 76.5 Å². The summed E-state index contributed by atoms with van der Waals surface area (Å²) in [6.45, 7) is 0. The number of carboxylic acid groups (broad SMARTS) is 1. The van der Waals surface area contributed by atoms with Gasteiger partial charge in [0.1, 0.15) is 6.04 Å². The molecule has 4 nitrogen and oxygen atoms in total. The second-order valence-corrected chi connectivity index (χ2v) is 4.02. The highest BCUT2D eigenvalue weighted by Crippen LogP contribution is 2.13. The van der Waals surface area contributed by atoms with Gasteiger partial charge in [-0.2, -0.15) is 11.8 Å². The summed E-state index contributed by atoms with van der Waals surface area (Å²) >= 11 is 1.65. The molecule has 0 fully saturated rings. The van der Waals surface area contributed by atoms with Gasteiger partial charge in [0.25, 0.3) is 0 Å². The van der Waals surface area contributed by atoms with Crippen LogP contribution in [0.15, 0.2) is 23.0 Å². The minimum absolute atomic E-state index is 0.498. The Morgan fingerprint density at radius 1 is 1.71 bits per heavy atom. The Morgan fingerprint density at radius 3 is 3.07 bits per heavy atom. The van der Waals surface area contributed by atoms with Crippen molar-refractivity contribution in [3.05, 3.63) is 24.2 Å². The molecule has 0 saturated heterocycles. The summed E-state index contributed by atoms with van der Waals surface area (Å²) in [7, 11) is 0. The van der Waals surface area contributed by atoms with Crippen molar-refractivity contribution < 1.29 is 14.3 Å². The van der Waals surface area contributed by atoms with Gasteiger partial charge in [0, 0.05) is 11.3 Å². The van der Waals surface area contributed by atoms with Crippen LogP contribution in [0.3, 0.4) is 0 Å². The van der Waals surface area contributed by atoms with E-state index >= 15 is 0 Å². The molecule has 0 aromatic carbocycles. The fourth-order valence-corrected chi connectivity index (χ4v) is 1.86. The summed E-state index contributed by atoms with van der Waals surface area (Å²) in [5, 5.41) is 8.52. The lowest BCUT2D eigenvalue weighted by Gasteiger charge is -2.04. The molecular weight excluding hydrogens is 202 g/mol. The van der Waals surface area contributed by atoms with Crippen LogP contribution in [-0.2, 0) is 10.5 Å². The Balaban J connectivity index is 2.08. The lowest BCUT2D eigenvalue weighted by atomic mass is 10.2. The van der Waals surface area contributed by atoms with E-state index in [4.69, 9.17) is 15.3 Å². The Bertz CT molecular complexity index is 274. The smallest absolute Gasteiger partial charge is 0.320 e. The average Bonchev–Trinajstić information content (AvgIpc) is 2.64. The van der Waals surface area contributed by atoms with Crippen LogP contribution < -0.4 is 5.73 Å². The maximum atomic E-state index is 10.4. The van der Waals surface area contributed by atoms with Crippen LogP contribution in [-0.4, -0.2) is 22.9 Å². The molecule has 3 N–H and O–H groups in total. The van der Waals surface area contributed by atoms with Gasteiger partial charge in [0.2, 0.25) is 0 Å². The second kappa shape index (κ2) is 5.72. The third-order valence-corrected chi connectivity index (χ3v) is 2.80. The molecule has 0 bridgehead atoms. The monoisotopic (exact) mass is 215 g/mol. The number of hydrogen-bond acceptors (Lipinski definition) is 4. The molecule has 1 heterocycles. The van der Waals surface area contributed by atoms with Crippen LogP contribution in [0.25, 0.3) is 0 Å². The van der Waals surface area contributed by atoms with Crippen molar-refractivity contribution in [2.24, 2.45) is 5.73 Å². The molecular formula is C9H13NO3S. The van der Waals surface area contributed by atoms with E-state index in [0.717, 1.165) is 17.1 Å². The maximum Gasteiger partial charge on any atom is 0.320 e. The number of nitrogens with two attached hydrogens (primary N) is 1. The molecule has 0 spiro atoms. The van der Waals surface area contributed by atoms with Crippen LogP contribution in [0.1, 0.15) is 12.0 Å². The average molecular weight is 215 g/mol. The first-order valence-electron chi connectivity index (χ1n) is 4.27. The minimum atomic E-state index is -0.936. The van der Waals surface area contributed by atoms with Gasteiger partial charge in [-0.15, -0.1) is 0 Å². The number of furan rings is 1. The van der Waals surface area contributed by atoms with Crippen molar-refractivity contribution in [1.82, 2.24) is 0 Å². The van der Waals surface area contributed by atoms with Crippen molar-refractivity contribution in [3.63, 3.8) is 0 Å². The molecule has 0 aliphatic rings. The number of rotatable bonds is 6. The number of carboxylic acids is 1. The summed E-state index contributed by atoms with van der Waals surface area (Å²) in [5.41, 5.74) is 6.45. The van der Waals surface area contributed by atoms with Crippen LogP contribution >= 0.6 is 11.8 Å². The number of thioether (sulfide) groups is 1. The van der Waals surface area contributed by atoms with Crippen molar-refractivity contribution in [1.29, 1.82) is 0 Å². The third kappa shape index (κ3) is 3.85. The van der Waals surface area contributed by atoms with E-state index in [1.54, 1.807) is 24.3 Å². The van der Waals surface area contributed by atoms with E-state index in [1.807, 2.05) is 6.07 Å². The van der Waals surface area contributed by atoms with E-state index < -0.39 is 12.0 Å². The van der Waals surface area contributed by atoms with Gasteiger partial charge in [0.15, 0.2) is 0 Å². The molecule has 0 aliphatic carbocycles. The zero-order valence-electron chi connectivity index (χ0n) is 7.68. The Hall–Kier alpha value is -0.940. The summed E-state index contributed by atoms with van der Waals surface area (Å²) in [6, 6.07) is 1.15. The van der Waals surface area contributed by atoms with E-state index in [1.165, 1.54) is 0 Å². The molecule has 0 saturated carbocycles. The van der Waals surface area contributed by atoms with E-state index in [2.05, 4.69) is 0 Å². The SMILES string of the molecule is NC(CCSCc1ccoc1)C(=O)O. The fraction of sp³-hybridized carbons (Fsp3) is 0.444. The van der Waals surface area contributed by atoms with Crippen LogP contribution in [0, 0.1) is 0 Å². The Labute approximate surface area is 86.5 Å². The van der Waals surface area contributed by atoms with Crippen LogP contribution in [0.4, 0.5) is 0 Å². The first-order chi connectivity index (χ1) is 6.70. The largest absolute Gasteiger partial charge is 0.480 e. The second-order valence-electron chi connectivity index (χ2n) is 2.92. The standard InChI is InChI=1S/C9H13NO3S/c10-8(9(11)12)2-4-14-6-7-1-3-13-5-7/h1,3,5,8H,2,4,6,10H2,(H,11,12). The van der Waals surface area contributed by atoms with Crippen LogP contribution in [0.5, 0.6) is 0 Å². The van der Waals surface area contributed by atoms with E-state index in [-0.39, 0.29) is 0 Å². The zero-order valence-corrected chi connectivity index (χ0v) is 8.50. The van der Waals surface area contributed by atoms with Crippen molar-refractivity contribution >= 4 is 17.7 Å². The first kappa shape index (κ1) is 11.1. The van der Waals surface area contributed by atoms with Gasteiger partial charge in [-0.1, -0.05) is 0 Å². The highest BCUT2D eigenvalue weighted by molar-refractivity contribution is 7.98. The predicted molar refractivity (Wildman–Crippen MR) is 55.1 cm³/mol. The Kier molecular flexibility index (Phi) is 4.55. The summed E-state index contributed by atoms with van der Waals surface area (Å²) in [4.78, 5) is 10.4. The molecule has 1 aromatic rings. The third-order valence-electron chi connectivity index (χ3n) is 1.74. The summed E-state index contributed by atoms with van der Waals surface area (Å²) < 4.78 is 4.90. The van der Waals surface area contributed by atoms with Gasteiger partial charge in [0.05, 0.1) is 12.5 Å². The number of hydrogen-bond donors (Lipinski definition) is 2. The summed E-state index contributed by atoms with van der Waals surface area (Å²) in [5.74, 6) is 0.649. The summed E-state index contributed by atoms with van der Waals surface area (Å²) in [6.07, 6.45) is 3.81. The van der Waals surface area contributed by atoms with E-state index in [9.17, 15) is 4.79 Å². The minimum Gasteiger partial charge on any atom is -0.480 e. The lowest BCUT2D eigenvalue weighted by Crippen LogP contribution is -2.30. The van der Waals surface area contributed by atoms with Gasteiger partial charge in [-0.3, -0.25) is 4.79 Å². The molecule has 78 valence electrons. The molecule has 0 amide bonds. The molecule has 0 aliphatic heterocycles. The number of aliphatic carboxylic acids is 1. The quantitative estimate of drug-likeness (QED) is 0.700. The van der Waals surface area contributed by atoms with Gasteiger partial charge in [-0.05, 0) is 18.2 Å². The van der Waals surface area contributed by atoms with E-state index in [0.29, 0.717) is 6.42 Å². The molecule has 0 radical (unpaired) electrons. The molecule has 5 heteroatoms. The zero-order chi connectivity index (χ0) is 10.4. The normalized spacial score (nSPS) is 12.6. The molecule has 1 rings (SSSR count). The van der Waals surface area contributed by atoms with Crippen LogP contribution in [0.2, 0.25) is 0 Å². The fourth-order valence-electron chi connectivity index (χ4n) is 0.899. The van der Waals surface area contributed by atoms with Crippen molar-refractivity contribution in [2.45, 2.75) is 18.2 Å². The highest BCUT2D eigenvalue weighted by atomic mass is 32.2.